The Morgan fingerprint density at radius 3 is 1.84 bits per heavy atom. The Hall–Kier alpha value is -2.72. The van der Waals surface area contributed by atoms with Crippen molar-refractivity contribution in [3.05, 3.63) is 88.9 Å². The van der Waals surface area contributed by atoms with Gasteiger partial charge in [0.05, 0.1) is 0 Å². The Kier molecular flexibility index (Phi) is 4.20. The SMILES string of the molecule is Cc1ccc(-n2c(-c3ccccc3)nnc2-c2ccc(Br)cc2)cc1. The molecule has 1 aromatic heterocycles. The molecule has 0 N–H and O–H groups in total. The molecular weight excluding hydrogens is 374 g/mol. The number of halogens is 1. The largest absolute Gasteiger partial charge is 0.275 e. The zero-order chi connectivity index (χ0) is 17.2. The van der Waals surface area contributed by atoms with Gasteiger partial charge in [0.1, 0.15) is 0 Å². The van der Waals surface area contributed by atoms with Crippen LogP contribution in [-0.2, 0) is 0 Å². The summed E-state index contributed by atoms with van der Waals surface area (Å²) in [5.74, 6) is 1.66. The van der Waals surface area contributed by atoms with E-state index in [0.29, 0.717) is 0 Å². The third kappa shape index (κ3) is 3.13. The predicted molar refractivity (Wildman–Crippen MR) is 105 cm³/mol. The molecule has 3 nitrogen and oxygen atoms in total. The van der Waals surface area contributed by atoms with Crippen LogP contribution in [0.3, 0.4) is 0 Å². The Morgan fingerprint density at radius 2 is 1.24 bits per heavy atom. The second kappa shape index (κ2) is 6.65. The molecule has 1 heterocycles. The molecule has 0 saturated carbocycles. The molecule has 0 aliphatic rings. The highest BCUT2D eigenvalue weighted by atomic mass is 79.9. The number of rotatable bonds is 3. The molecule has 0 fully saturated rings. The Labute approximate surface area is 155 Å². The molecule has 0 bridgehead atoms. The van der Waals surface area contributed by atoms with Crippen LogP contribution < -0.4 is 0 Å². The zero-order valence-corrected chi connectivity index (χ0v) is 15.3. The van der Waals surface area contributed by atoms with E-state index >= 15 is 0 Å². The molecule has 0 radical (unpaired) electrons. The van der Waals surface area contributed by atoms with Crippen LogP contribution in [0.2, 0.25) is 0 Å². The van der Waals surface area contributed by atoms with Crippen LogP contribution in [0, 0.1) is 6.92 Å². The normalized spacial score (nSPS) is 10.8. The van der Waals surface area contributed by atoms with Crippen LogP contribution in [-0.4, -0.2) is 14.8 Å². The number of hydrogen-bond donors (Lipinski definition) is 0. The second-order valence-electron chi connectivity index (χ2n) is 5.89. The fourth-order valence-corrected chi connectivity index (χ4v) is 3.05. The molecule has 0 unspecified atom stereocenters. The van der Waals surface area contributed by atoms with E-state index in [1.54, 1.807) is 0 Å². The van der Waals surface area contributed by atoms with Gasteiger partial charge < -0.3 is 0 Å². The standard InChI is InChI=1S/C21H16BrN3/c1-15-7-13-19(14-8-15)25-20(16-5-3-2-4-6-16)23-24-21(25)17-9-11-18(22)12-10-17/h2-14H,1H3. The summed E-state index contributed by atoms with van der Waals surface area (Å²) in [7, 11) is 0. The molecule has 0 spiro atoms. The highest BCUT2D eigenvalue weighted by Crippen LogP contribution is 2.29. The maximum absolute atomic E-state index is 4.49. The minimum atomic E-state index is 0.829. The smallest absolute Gasteiger partial charge is 0.168 e. The van der Waals surface area contributed by atoms with E-state index in [-0.39, 0.29) is 0 Å². The van der Waals surface area contributed by atoms with Crippen molar-refractivity contribution >= 4 is 15.9 Å². The van der Waals surface area contributed by atoms with E-state index in [0.717, 1.165) is 32.9 Å². The summed E-state index contributed by atoms with van der Waals surface area (Å²) < 4.78 is 3.15. The highest BCUT2D eigenvalue weighted by Gasteiger charge is 2.16. The topological polar surface area (TPSA) is 30.7 Å². The van der Waals surface area contributed by atoms with Crippen LogP contribution in [0.5, 0.6) is 0 Å². The Balaban J connectivity index is 1.94. The Bertz CT molecular complexity index is 988. The molecule has 4 heteroatoms. The molecule has 0 aliphatic heterocycles. The lowest BCUT2D eigenvalue weighted by molar-refractivity contribution is 1.07. The summed E-state index contributed by atoms with van der Waals surface area (Å²) in [6.45, 7) is 2.09. The lowest BCUT2D eigenvalue weighted by Crippen LogP contribution is -2.00. The van der Waals surface area contributed by atoms with Gasteiger partial charge in [0.15, 0.2) is 11.6 Å². The first kappa shape index (κ1) is 15.8. The zero-order valence-electron chi connectivity index (χ0n) is 13.7. The van der Waals surface area contributed by atoms with Crippen molar-refractivity contribution in [1.82, 2.24) is 14.8 Å². The average Bonchev–Trinajstić information content (AvgIpc) is 3.09. The molecule has 25 heavy (non-hydrogen) atoms. The molecule has 0 amide bonds. The number of aromatic nitrogens is 3. The van der Waals surface area contributed by atoms with Gasteiger partial charge in [-0.2, -0.15) is 0 Å². The predicted octanol–water partition coefficient (Wildman–Crippen LogP) is 5.67. The van der Waals surface area contributed by atoms with Crippen molar-refractivity contribution in [2.75, 3.05) is 0 Å². The maximum Gasteiger partial charge on any atom is 0.168 e. The number of benzene rings is 3. The van der Waals surface area contributed by atoms with Crippen molar-refractivity contribution in [3.63, 3.8) is 0 Å². The molecule has 0 saturated heterocycles. The minimum Gasteiger partial charge on any atom is -0.275 e. The van der Waals surface area contributed by atoms with Crippen molar-refractivity contribution in [2.24, 2.45) is 0 Å². The lowest BCUT2D eigenvalue weighted by atomic mass is 10.1. The third-order valence-electron chi connectivity index (χ3n) is 4.09. The summed E-state index contributed by atoms with van der Waals surface area (Å²) in [4.78, 5) is 0. The lowest BCUT2D eigenvalue weighted by Gasteiger charge is -2.11. The summed E-state index contributed by atoms with van der Waals surface area (Å²) in [5, 5.41) is 8.97. The van der Waals surface area contributed by atoms with E-state index < -0.39 is 0 Å². The molecule has 0 atom stereocenters. The van der Waals surface area contributed by atoms with E-state index in [1.807, 2.05) is 42.5 Å². The average molecular weight is 390 g/mol. The summed E-state index contributed by atoms with van der Waals surface area (Å²) in [6, 6.07) is 26.7. The van der Waals surface area contributed by atoms with Gasteiger partial charge in [-0.3, -0.25) is 4.57 Å². The maximum atomic E-state index is 4.49. The first-order chi connectivity index (χ1) is 12.2. The van der Waals surface area contributed by atoms with Crippen molar-refractivity contribution in [1.29, 1.82) is 0 Å². The van der Waals surface area contributed by atoms with Crippen LogP contribution in [0.4, 0.5) is 0 Å². The van der Waals surface area contributed by atoms with Gasteiger partial charge >= 0.3 is 0 Å². The molecule has 122 valence electrons. The van der Waals surface area contributed by atoms with E-state index in [1.165, 1.54) is 5.56 Å². The van der Waals surface area contributed by atoms with Gasteiger partial charge in [-0.05, 0) is 31.2 Å². The van der Waals surface area contributed by atoms with E-state index in [4.69, 9.17) is 0 Å². The Morgan fingerprint density at radius 1 is 0.680 bits per heavy atom. The monoisotopic (exact) mass is 389 g/mol. The van der Waals surface area contributed by atoms with Crippen molar-refractivity contribution < 1.29 is 0 Å². The number of hydrogen-bond acceptors (Lipinski definition) is 2. The first-order valence-corrected chi connectivity index (χ1v) is 8.85. The van der Waals surface area contributed by atoms with Gasteiger partial charge in [-0.25, -0.2) is 0 Å². The first-order valence-electron chi connectivity index (χ1n) is 8.06. The molecule has 4 aromatic rings. The van der Waals surface area contributed by atoms with Crippen LogP contribution >= 0.6 is 15.9 Å². The van der Waals surface area contributed by atoms with Crippen LogP contribution in [0.25, 0.3) is 28.5 Å². The molecule has 4 rings (SSSR count). The van der Waals surface area contributed by atoms with Crippen molar-refractivity contribution in [3.8, 4) is 28.5 Å². The molecule has 3 aromatic carbocycles. The van der Waals surface area contributed by atoms with Gasteiger partial charge in [0.25, 0.3) is 0 Å². The fraction of sp³-hybridized carbons (Fsp3) is 0.0476. The molecular formula is C21H16BrN3. The fourth-order valence-electron chi connectivity index (χ4n) is 2.78. The van der Waals surface area contributed by atoms with Gasteiger partial charge in [0.2, 0.25) is 0 Å². The summed E-state index contributed by atoms with van der Waals surface area (Å²) in [6.07, 6.45) is 0. The van der Waals surface area contributed by atoms with Crippen LogP contribution in [0.1, 0.15) is 5.56 Å². The summed E-state index contributed by atoms with van der Waals surface area (Å²) in [5.41, 5.74) is 4.34. The number of nitrogens with zero attached hydrogens (tertiary/aromatic N) is 3. The third-order valence-corrected chi connectivity index (χ3v) is 4.62. The quantitative estimate of drug-likeness (QED) is 0.451. The van der Waals surface area contributed by atoms with Gasteiger partial charge in [0, 0.05) is 21.3 Å². The van der Waals surface area contributed by atoms with Gasteiger partial charge in [-0.1, -0.05) is 76.1 Å². The van der Waals surface area contributed by atoms with Crippen molar-refractivity contribution in [2.45, 2.75) is 6.92 Å². The van der Waals surface area contributed by atoms with E-state index in [9.17, 15) is 0 Å². The van der Waals surface area contributed by atoms with Gasteiger partial charge in [-0.15, -0.1) is 10.2 Å². The molecule has 0 aliphatic carbocycles. The highest BCUT2D eigenvalue weighted by molar-refractivity contribution is 9.10. The second-order valence-corrected chi connectivity index (χ2v) is 6.81. The van der Waals surface area contributed by atoms with Crippen LogP contribution in [0.15, 0.2) is 83.3 Å². The number of aryl methyl sites for hydroxylation is 1. The minimum absolute atomic E-state index is 0.829. The van der Waals surface area contributed by atoms with E-state index in [2.05, 4.69) is 74.0 Å². The summed E-state index contributed by atoms with van der Waals surface area (Å²) >= 11 is 3.49.